The third kappa shape index (κ3) is 7.61. The van der Waals surface area contributed by atoms with Gasteiger partial charge in [-0.2, -0.15) is 5.26 Å². The molecular weight excluding hydrogens is 813 g/mol. The lowest BCUT2D eigenvalue weighted by molar-refractivity contribution is -0.163. The smallest absolute Gasteiger partial charge is 0.262 e. The molecule has 0 radical (unpaired) electrons. The van der Waals surface area contributed by atoms with Crippen molar-refractivity contribution in [2.75, 3.05) is 31.1 Å². The van der Waals surface area contributed by atoms with Crippen molar-refractivity contribution < 1.29 is 33.4 Å². The van der Waals surface area contributed by atoms with E-state index in [4.69, 9.17) is 14.5 Å². The predicted octanol–water partition coefficient (Wildman–Crippen LogP) is 5.66. The normalized spacial score (nSPS) is 25.0. The van der Waals surface area contributed by atoms with E-state index in [1.807, 2.05) is 30.3 Å². The lowest BCUT2D eigenvalue weighted by Gasteiger charge is -2.63. The van der Waals surface area contributed by atoms with Crippen LogP contribution in [-0.2, 0) is 9.59 Å². The molecule has 5 amide bonds. The number of ether oxygens (including phenoxy) is 2. The van der Waals surface area contributed by atoms with Crippen molar-refractivity contribution >= 4 is 46.3 Å². The second-order valence-electron chi connectivity index (χ2n) is 19.1. The number of hydrogen-bond acceptors (Lipinski definition) is 12. The zero-order valence-electron chi connectivity index (χ0n) is 36.9. The number of imide groups is 2. The fourth-order valence-electron chi connectivity index (χ4n) is 11.0. The minimum Gasteiger partial charge on any atom is -0.490 e. The molecule has 2 aromatic heterocycles. The van der Waals surface area contributed by atoms with Crippen LogP contribution in [0.2, 0.25) is 0 Å². The molecule has 3 aliphatic heterocycles. The summed E-state index contributed by atoms with van der Waals surface area (Å²) in [6.45, 7) is 14.3. The molecule has 2 aromatic carbocycles. The molecule has 0 bridgehead atoms. The van der Waals surface area contributed by atoms with Crippen molar-refractivity contribution in [3.63, 3.8) is 0 Å². The maximum absolute atomic E-state index is 13.6. The third-order valence-electron chi connectivity index (χ3n) is 14.4. The Hall–Kier alpha value is -6.40. The first-order valence-electron chi connectivity index (χ1n) is 22.4. The Morgan fingerprint density at radius 3 is 2.38 bits per heavy atom. The highest BCUT2D eigenvalue weighted by atomic mass is 16.5. The van der Waals surface area contributed by atoms with Crippen LogP contribution in [0.1, 0.15) is 110 Å². The highest BCUT2D eigenvalue weighted by Crippen LogP contribution is 2.56. The maximum Gasteiger partial charge on any atom is 0.262 e. The van der Waals surface area contributed by atoms with Crippen LogP contribution in [0.3, 0.4) is 0 Å². The van der Waals surface area contributed by atoms with Gasteiger partial charge in [-0.05, 0) is 86.3 Å². The number of benzene rings is 2. The summed E-state index contributed by atoms with van der Waals surface area (Å²) < 4.78 is 12.9. The number of nitrogens with one attached hydrogen (secondary N) is 2. The molecule has 2 aliphatic carbocycles. The molecule has 4 fully saturated rings. The number of carbonyl (C=O) groups excluding carboxylic acids is 5. The van der Waals surface area contributed by atoms with Gasteiger partial charge in [0.25, 0.3) is 17.7 Å². The van der Waals surface area contributed by atoms with Crippen LogP contribution in [0, 0.1) is 28.1 Å². The molecule has 0 spiro atoms. The molecule has 5 aliphatic rings. The van der Waals surface area contributed by atoms with E-state index >= 15 is 0 Å². The summed E-state index contributed by atoms with van der Waals surface area (Å²) >= 11 is 0. The van der Waals surface area contributed by atoms with Crippen molar-refractivity contribution in [1.82, 2.24) is 30.4 Å². The second kappa shape index (κ2) is 16.6. The maximum atomic E-state index is 13.6. The molecule has 332 valence electrons. The van der Waals surface area contributed by atoms with E-state index in [1.165, 1.54) is 0 Å². The van der Waals surface area contributed by atoms with Crippen LogP contribution < -0.4 is 25.0 Å². The number of rotatable bonds is 12. The summed E-state index contributed by atoms with van der Waals surface area (Å²) in [5, 5.41) is 15.9. The summed E-state index contributed by atoms with van der Waals surface area (Å²) in [6.07, 6.45) is 7.11. The van der Waals surface area contributed by atoms with Crippen molar-refractivity contribution in [2.45, 2.75) is 103 Å². The lowest BCUT2D eigenvalue weighted by Crippen LogP contribution is -2.74. The van der Waals surface area contributed by atoms with Gasteiger partial charge in [-0.3, -0.25) is 39.2 Å². The molecular formula is C49H54N8O7. The Morgan fingerprint density at radius 2 is 1.69 bits per heavy atom. The van der Waals surface area contributed by atoms with Crippen molar-refractivity contribution in [3.8, 4) is 17.6 Å². The number of amides is 5. The topological polar surface area (TPSA) is 187 Å². The molecule has 5 heterocycles. The highest BCUT2D eigenvalue weighted by Gasteiger charge is 2.64. The first-order valence-corrected chi connectivity index (χ1v) is 22.4. The van der Waals surface area contributed by atoms with E-state index in [-0.39, 0.29) is 59.0 Å². The van der Waals surface area contributed by atoms with Gasteiger partial charge in [-0.15, -0.1) is 0 Å². The number of anilines is 1. The van der Waals surface area contributed by atoms with Gasteiger partial charge in [0.05, 0.1) is 27.8 Å². The number of aromatic nitrogens is 2. The number of nitrogens with zero attached hydrogens (tertiary/aromatic N) is 6. The Kier molecular flexibility index (Phi) is 11.1. The van der Waals surface area contributed by atoms with Crippen LogP contribution in [0.4, 0.5) is 5.82 Å². The molecule has 2 N–H and O–H groups in total. The minimum atomic E-state index is -1.00. The third-order valence-corrected chi connectivity index (χ3v) is 14.4. The second-order valence-corrected chi connectivity index (χ2v) is 19.1. The van der Waals surface area contributed by atoms with E-state index in [2.05, 4.69) is 66.1 Å². The zero-order chi connectivity index (χ0) is 45.1. The average Bonchev–Trinajstić information content (AvgIpc) is 3.52. The summed E-state index contributed by atoms with van der Waals surface area (Å²) in [5.41, 5.74) is 1.30. The predicted molar refractivity (Wildman–Crippen MR) is 237 cm³/mol. The molecule has 15 nitrogen and oxygen atoms in total. The van der Waals surface area contributed by atoms with E-state index in [0.717, 1.165) is 68.0 Å². The Bertz CT molecular complexity index is 2560. The molecule has 2 saturated heterocycles. The first-order chi connectivity index (χ1) is 30.7. The Labute approximate surface area is 372 Å². The van der Waals surface area contributed by atoms with Crippen LogP contribution >= 0.6 is 0 Å². The Morgan fingerprint density at radius 1 is 0.938 bits per heavy atom. The van der Waals surface area contributed by atoms with Gasteiger partial charge in [0.15, 0.2) is 0 Å². The number of hydrogen-bond donors (Lipinski definition) is 2. The fraction of sp³-hybridized carbons (Fsp3) is 0.469. The van der Waals surface area contributed by atoms with E-state index in [0.29, 0.717) is 40.1 Å². The largest absolute Gasteiger partial charge is 0.490 e. The first kappa shape index (κ1) is 42.9. The molecule has 1 atom stereocenters. The quantitative estimate of drug-likeness (QED) is 0.167. The van der Waals surface area contributed by atoms with Gasteiger partial charge in [0, 0.05) is 79.6 Å². The molecule has 1 unspecified atom stereocenters. The van der Waals surface area contributed by atoms with Crippen LogP contribution in [0.15, 0.2) is 67.0 Å². The summed E-state index contributed by atoms with van der Waals surface area (Å²) in [5.74, 6) is 0.317. The number of piperidine rings is 2. The molecule has 15 heteroatoms. The van der Waals surface area contributed by atoms with Gasteiger partial charge < -0.3 is 24.6 Å². The fourth-order valence-corrected chi connectivity index (χ4v) is 11.0. The SMILES string of the molecule is CCN(CC1CCN(c2ccc(C(=O)NC3C(C)(C)C(Oc4ccc(C#N)c5ncccc45)C3(C)C)cn2)CC1)C1CC(Oc2ccc3c(c2)C(=O)N(C2CCC(=O)NC2=O)C3=O)C1. The van der Waals surface area contributed by atoms with Crippen molar-refractivity contribution in [2.24, 2.45) is 16.7 Å². The zero-order valence-corrected chi connectivity index (χ0v) is 36.9. The van der Waals surface area contributed by atoms with Crippen LogP contribution in [0.5, 0.6) is 11.5 Å². The highest BCUT2D eigenvalue weighted by molar-refractivity contribution is 6.23. The number of carbonyl (C=O) groups is 5. The van der Waals surface area contributed by atoms with Gasteiger partial charge >= 0.3 is 0 Å². The summed E-state index contributed by atoms with van der Waals surface area (Å²) in [7, 11) is 0. The summed E-state index contributed by atoms with van der Waals surface area (Å²) in [6, 6.07) is 17.5. The number of pyridine rings is 2. The molecule has 2 saturated carbocycles. The average molecular weight is 867 g/mol. The van der Waals surface area contributed by atoms with Gasteiger partial charge in [-0.25, -0.2) is 4.98 Å². The van der Waals surface area contributed by atoms with E-state index in [9.17, 15) is 29.2 Å². The summed E-state index contributed by atoms with van der Waals surface area (Å²) in [4.78, 5) is 79.0. The molecule has 64 heavy (non-hydrogen) atoms. The standard InChI is InChI=1S/C49H54N8O7/c1-6-55(31-22-33(23-31)63-32-11-12-34-36(24-32)45(62)57(44(34)61)37-13-16-40(58)53-43(37)60)27-28-17-20-56(21-18-28)39-15-10-30(26-52-39)42(59)54-46-48(2,3)47(49(46,4)5)64-38-14-9-29(25-50)41-35(38)8-7-19-51-41/h7-12,14-15,19,24,26,28,31,33,37,46-47H,6,13,16-18,20-23,27H2,1-5H3,(H,54,59)(H,53,58,60). The monoisotopic (exact) mass is 866 g/mol. The van der Waals surface area contributed by atoms with E-state index in [1.54, 1.807) is 36.7 Å². The minimum absolute atomic E-state index is 0.00900. The van der Waals surface area contributed by atoms with Crippen molar-refractivity contribution in [1.29, 1.82) is 5.26 Å². The molecule has 4 aromatic rings. The number of fused-ring (bicyclic) bond motifs is 2. The van der Waals surface area contributed by atoms with Gasteiger partial charge in [-0.1, -0.05) is 34.6 Å². The Balaban J connectivity index is 0.733. The molecule has 9 rings (SSSR count). The number of nitriles is 1. The van der Waals surface area contributed by atoms with E-state index < -0.39 is 29.7 Å². The van der Waals surface area contributed by atoms with Crippen molar-refractivity contribution in [3.05, 3.63) is 89.2 Å². The van der Waals surface area contributed by atoms with Gasteiger partial charge in [0.2, 0.25) is 11.8 Å². The van der Waals surface area contributed by atoms with Crippen LogP contribution in [0.25, 0.3) is 10.9 Å². The van der Waals surface area contributed by atoms with Gasteiger partial charge in [0.1, 0.15) is 41.6 Å². The van der Waals surface area contributed by atoms with Crippen LogP contribution in [-0.4, -0.2) is 106 Å². The lowest BCUT2D eigenvalue weighted by atomic mass is 9.49.